The van der Waals surface area contributed by atoms with E-state index < -0.39 is 0 Å². The summed E-state index contributed by atoms with van der Waals surface area (Å²) in [6, 6.07) is 15.2. The van der Waals surface area contributed by atoms with Crippen LogP contribution in [0.5, 0.6) is 5.75 Å². The maximum absolute atomic E-state index is 11.8. The van der Waals surface area contributed by atoms with E-state index in [0.717, 1.165) is 40.1 Å². The van der Waals surface area contributed by atoms with Crippen molar-refractivity contribution < 1.29 is 9.53 Å². The molecule has 0 spiro atoms. The minimum Gasteiger partial charge on any atom is -0.493 e. The fourth-order valence-electron chi connectivity index (χ4n) is 2.28. The molecule has 2 aromatic rings. The van der Waals surface area contributed by atoms with Crippen molar-refractivity contribution in [3.8, 4) is 11.9 Å². The van der Waals surface area contributed by atoms with Crippen molar-refractivity contribution in [2.45, 2.75) is 6.42 Å². The smallest absolute Gasteiger partial charge is 0.264 e. The topological polar surface area (TPSA) is 74.5 Å². The molecule has 1 N–H and O–H groups in total. The monoisotopic (exact) mass is 383 g/mol. The number of carbonyl (C=O) groups excluding carboxylic acids is 1. The third-order valence-corrected chi connectivity index (χ3v) is 4.71. The van der Waals surface area contributed by atoms with Gasteiger partial charge in [0.1, 0.15) is 5.75 Å². The zero-order chi connectivity index (χ0) is 18.4. The Morgan fingerprint density at radius 1 is 1.19 bits per heavy atom. The number of hydrogen-bond donors (Lipinski definition) is 1. The van der Waals surface area contributed by atoms with Crippen molar-refractivity contribution in [1.29, 1.82) is 5.26 Å². The first kappa shape index (κ1) is 18.1. The van der Waals surface area contributed by atoms with E-state index in [4.69, 9.17) is 21.6 Å². The Bertz CT molecular complexity index is 900. The summed E-state index contributed by atoms with van der Waals surface area (Å²) in [5.41, 5.74) is 2.03. The number of thioether (sulfide) groups is 1. The number of carbonyl (C=O) groups is 1. The van der Waals surface area contributed by atoms with E-state index in [2.05, 4.69) is 10.3 Å². The van der Waals surface area contributed by atoms with Crippen LogP contribution in [0.2, 0.25) is 5.02 Å². The van der Waals surface area contributed by atoms with Gasteiger partial charge in [0.25, 0.3) is 5.91 Å². The molecule has 1 heterocycles. The second-order valence-electron chi connectivity index (χ2n) is 5.38. The summed E-state index contributed by atoms with van der Waals surface area (Å²) in [5.74, 6) is 0.503. The van der Waals surface area contributed by atoms with E-state index in [0.29, 0.717) is 16.7 Å². The lowest BCUT2D eigenvalue weighted by Crippen LogP contribution is -2.19. The number of halogens is 1. The highest BCUT2D eigenvalue weighted by Gasteiger charge is 2.23. The van der Waals surface area contributed by atoms with Crippen molar-refractivity contribution in [3.05, 3.63) is 69.6 Å². The third-order valence-electron chi connectivity index (χ3n) is 3.55. The fourth-order valence-corrected chi connectivity index (χ4v) is 3.18. The molecule has 1 aliphatic rings. The first-order valence-corrected chi connectivity index (χ1v) is 8.98. The van der Waals surface area contributed by atoms with Crippen LogP contribution in [0.25, 0.3) is 6.08 Å². The molecule has 1 saturated heterocycles. The van der Waals surface area contributed by atoms with E-state index in [1.807, 2.05) is 48.5 Å². The predicted octanol–water partition coefficient (Wildman–Crippen LogP) is 4.00. The van der Waals surface area contributed by atoms with E-state index in [1.54, 1.807) is 12.3 Å². The summed E-state index contributed by atoms with van der Waals surface area (Å²) in [6.07, 6.45) is 4.20. The molecule has 3 rings (SSSR count). The molecule has 0 aliphatic carbocycles. The van der Waals surface area contributed by atoms with Gasteiger partial charge in [-0.15, -0.1) is 4.99 Å². The summed E-state index contributed by atoms with van der Waals surface area (Å²) in [7, 11) is 0. The molecule has 0 radical (unpaired) electrons. The molecule has 0 aromatic heterocycles. The summed E-state index contributed by atoms with van der Waals surface area (Å²) in [5, 5.41) is 12.1. The molecule has 0 bridgehead atoms. The molecular weight excluding hydrogens is 370 g/mol. The van der Waals surface area contributed by atoms with Gasteiger partial charge in [0.2, 0.25) is 6.19 Å². The highest BCUT2D eigenvalue weighted by atomic mass is 35.5. The van der Waals surface area contributed by atoms with Crippen molar-refractivity contribution >= 4 is 40.5 Å². The molecule has 26 heavy (non-hydrogen) atoms. The lowest BCUT2D eigenvalue weighted by molar-refractivity contribution is -0.115. The number of nitrogens with one attached hydrogen (secondary N) is 1. The standard InChI is InChI=1S/C19H14ClN3O2S/c20-15-5-1-13(2-6-15)9-10-25-16-7-3-14(4-8-16)11-17-18(24)23-19(26-17)22-12-21/h1-8,11H,9-10H2,(H,22,23,24)/b17-11-. The predicted molar refractivity (Wildman–Crippen MR) is 104 cm³/mol. The molecule has 7 heteroatoms. The molecule has 2 aromatic carbocycles. The molecule has 5 nitrogen and oxygen atoms in total. The van der Waals surface area contributed by atoms with Gasteiger partial charge in [-0.05, 0) is 53.2 Å². The molecule has 1 aliphatic heterocycles. The van der Waals surface area contributed by atoms with Crippen molar-refractivity contribution in [1.82, 2.24) is 5.32 Å². The van der Waals surface area contributed by atoms with Crippen molar-refractivity contribution in [2.24, 2.45) is 4.99 Å². The van der Waals surface area contributed by atoms with Gasteiger partial charge in [0, 0.05) is 11.4 Å². The normalized spacial score (nSPS) is 16.5. The lowest BCUT2D eigenvalue weighted by Gasteiger charge is -2.07. The molecule has 0 saturated carbocycles. The fraction of sp³-hybridized carbons (Fsp3) is 0.105. The Balaban J connectivity index is 1.56. The average Bonchev–Trinajstić information content (AvgIpc) is 2.98. The van der Waals surface area contributed by atoms with Gasteiger partial charge in [0.05, 0.1) is 11.5 Å². The summed E-state index contributed by atoms with van der Waals surface area (Å²) in [4.78, 5) is 15.8. The Morgan fingerprint density at radius 2 is 1.92 bits per heavy atom. The summed E-state index contributed by atoms with van der Waals surface area (Å²) < 4.78 is 5.74. The molecular formula is C19H14ClN3O2S. The molecule has 1 amide bonds. The van der Waals surface area contributed by atoms with E-state index in [-0.39, 0.29) is 5.91 Å². The SMILES string of the molecule is N#C/N=C1\NC(=O)/C(=C/c2ccc(OCCc3ccc(Cl)cc3)cc2)S1. The maximum atomic E-state index is 11.8. The molecule has 130 valence electrons. The van der Waals surface area contributed by atoms with Gasteiger partial charge in [0.15, 0.2) is 5.17 Å². The van der Waals surface area contributed by atoms with Crippen LogP contribution in [0.15, 0.2) is 58.4 Å². The molecule has 1 fully saturated rings. The van der Waals surface area contributed by atoms with Crippen molar-refractivity contribution in [2.75, 3.05) is 6.61 Å². The Kier molecular flexibility index (Phi) is 5.95. The van der Waals surface area contributed by atoms with Crippen molar-refractivity contribution in [3.63, 3.8) is 0 Å². The number of benzene rings is 2. The average molecular weight is 384 g/mol. The van der Waals surface area contributed by atoms with Crippen LogP contribution in [-0.2, 0) is 11.2 Å². The lowest BCUT2D eigenvalue weighted by atomic mass is 10.1. The quantitative estimate of drug-likeness (QED) is 0.625. The second-order valence-corrected chi connectivity index (χ2v) is 6.84. The minimum atomic E-state index is -0.257. The number of nitrogens with zero attached hydrogens (tertiary/aromatic N) is 2. The number of rotatable bonds is 5. The van der Waals surface area contributed by atoms with Gasteiger partial charge >= 0.3 is 0 Å². The number of amides is 1. The molecule has 0 atom stereocenters. The molecule has 0 unspecified atom stereocenters. The zero-order valence-corrected chi connectivity index (χ0v) is 15.2. The number of aliphatic imine (C=N–C) groups is 1. The van der Waals surface area contributed by atoms with Gasteiger partial charge in [-0.2, -0.15) is 5.26 Å². The first-order chi connectivity index (χ1) is 12.6. The summed E-state index contributed by atoms with van der Waals surface area (Å²) >= 11 is 7.01. The highest BCUT2D eigenvalue weighted by Crippen LogP contribution is 2.26. The maximum Gasteiger partial charge on any atom is 0.264 e. The van der Waals surface area contributed by atoms with Gasteiger partial charge in [-0.3, -0.25) is 10.1 Å². The second kappa shape index (κ2) is 8.56. The Morgan fingerprint density at radius 3 is 2.62 bits per heavy atom. The zero-order valence-electron chi connectivity index (χ0n) is 13.6. The largest absolute Gasteiger partial charge is 0.493 e. The van der Waals surface area contributed by atoms with Crippen LogP contribution in [0.3, 0.4) is 0 Å². The van der Waals surface area contributed by atoms with Crippen LogP contribution < -0.4 is 10.1 Å². The first-order valence-electron chi connectivity index (χ1n) is 7.79. The van der Waals surface area contributed by atoms with Crippen LogP contribution in [0.1, 0.15) is 11.1 Å². The number of nitriles is 1. The van der Waals surface area contributed by atoms with Gasteiger partial charge < -0.3 is 4.74 Å². The third kappa shape index (κ3) is 4.88. The Labute approximate surface area is 160 Å². The number of hydrogen-bond acceptors (Lipinski definition) is 5. The van der Waals surface area contributed by atoms with Crippen LogP contribution in [-0.4, -0.2) is 17.7 Å². The van der Waals surface area contributed by atoms with E-state index in [9.17, 15) is 4.79 Å². The van der Waals surface area contributed by atoms with Crippen LogP contribution in [0.4, 0.5) is 0 Å². The summed E-state index contributed by atoms with van der Waals surface area (Å²) in [6.45, 7) is 0.564. The van der Waals surface area contributed by atoms with Crippen LogP contribution >= 0.6 is 23.4 Å². The Hall–Kier alpha value is -2.75. The van der Waals surface area contributed by atoms with Gasteiger partial charge in [-0.1, -0.05) is 35.9 Å². The van der Waals surface area contributed by atoms with E-state index >= 15 is 0 Å². The highest BCUT2D eigenvalue weighted by molar-refractivity contribution is 8.18. The number of ether oxygens (including phenoxy) is 1. The van der Waals surface area contributed by atoms with E-state index in [1.165, 1.54) is 0 Å². The minimum absolute atomic E-state index is 0.257. The van der Waals surface area contributed by atoms with Gasteiger partial charge in [-0.25, -0.2) is 0 Å². The van der Waals surface area contributed by atoms with Crippen LogP contribution in [0, 0.1) is 11.5 Å². The number of amidine groups is 1.